The number of anilines is 2. The van der Waals surface area contributed by atoms with E-state index in [-0.39, 0.29) is 24.9 Å². The summed E-state index contributed by atoms with van der Waals surface area (Å²) >= 11 is 6.02. The van der Waals surface area contributed by atoms with Crippen LogP contribution in [-0.2, 0) is 34.2 Å². The Morgan fingerprint density at radius 2 is 1.92 bits per heavy atom. The Morgan fingerprint density at radius 1 is 1.16 bits per heavy atom. The molecule has 1 aromatic heterocycles. The average Bonchev–Trinajstić information content (AvgIpc) is 3.39. The molecule has 3 fully saturated rings. The van der Waals surface area contributed by atoms with Gasteiger partial charge in [0, 0.05) is 94.7 Å². The highest BCUT2D eigenvalue weighted by Crippen LogP contribution is 2.43. The van der Waals surface area contributed by atoms with Gasteiger partial charge in [-0.2, -0.15) is 5.10 Å². The number of hydrogen-bond donors (Lipinski definition) is 3. The fraction of sp³-hybridized carbons (Fsp3) is 0.441. The van der Waals surface area contributed by atoms with Crippen LogP contribution in [0.1, 0.15) is 24.8 Å². The second-order valence-electron chi connectivity index (χ2n) is 12.6. The zero-order valence-electron chi connectivity index (χ0n) is 28.1. The highest BCUT2D eigenvalue weighted by molar-refractivity contribution is 7.82. The summed E-state index contributed by atoms with van der Waals surface area (Å²) in [6, 6.07) is 14.6. The summed E-state index contributed by atoms with van der Waals surface area (Å²) in [4.78, 5) is 36.6. The third kappa shape index (κ3) is 8.81. The van der Waals surface area contributed by atoms with E-state index in [2.05, 4.69) is 72.2 Å². The molecule has 3 aromatic rings. The molecule has 13 nitrogen and oxygen atoms in total. The quantitative estimate of drug-likeness (QED) is 0.140. The Labute approximate surface area is 294 Å². The maximum Gasteiger partial charge on any atom is 0.227 e. The lowest BCUT2D eigenvalue weighted by Gasteiger charge is -2.61. The normalized spacial score (nSPS) is 18.8. The maximum atomic E-state index is 13.4. The average molecular weight is 709 g/mol. The number of carbonyl (C=O) groups excluding carboxylic acids is 2. The van der Waals surface area contributed by atoms with Gasteiger partial charge in [0.2, 0.25) is 12.3 Å². The number of nitrogens with zero attached hydrogens (tertiary/aromatic N) is 7. The number of likely N-dealkylation sites (tertiary alicyclic amines) is 1. The molecule has 1 unspecified atom stereocenters. The van der Waals surface area contributed by atoms with Crippen molar-refractivity contribution in [2.24, 2.45) is 28.2 Å². The van der Waals surface area contributed by atoms with Crippen molar-refractivity contribution in [1.82, 2.24) is 24.3 Å². The van der Waals surface area contributed by atoms with Crippen LogP contribution in [0.15, 0.2) is 68.6 Å². The minimum Gasteiger partial charge on any atom is -0.370 e. The fourth-order valence-corrected chi connectivity index (χ4v) is 8.16. The molecule has 6 rings (SSSR count). The first-order valence-corrected chi connectivity index (χ1v) is 17.8. The van der Waals surface area contributed by atoms with E-state index < -0.39 is 11.0 Å². The number of carbonyl (C=O) groups is 2. The zero-order valence-corrected chi connectivity index (χ0v) is 29.6. The third-order valence-corrected chi connectivity index (χ3v) is 10.7. The first-order chi connectivity index (χ1) is 23.8. The van der Waals surface area contributed by atoms with Crippen LogP contribution in [0.2, 0.25) is 0 Å². The molecule has 0 radical (unpaired) electrons. The Hall–Kier alpha value is -3.95. The van der Waals surface area contributed by atoms with Crippen LogP contribution in [0.4, 0.5) is 11.5 Å². The standard InChI is InChI=1S/C33H40ClN9O3S.CH5N/c1-35-16-25(34)17-37-26-9-12-43(13-10-26)47(46)28-5-3-4-24(14-28)18-41-19-33(20-41)21-42(22-33)27-6-7-29-30(15-27)40(2)39-32(29)38-31(45)8-11-36-23-44;1-2/h3-7,14-17,23,26H,1,8-13,18-22H2,2H3,(H,36,44)(H,38,39,45);2H2,1H3/b25-16+,37-17?;. The minimum atomic E-state index is -1.20. The number of aromatic nitrogens is 2. The number of aryl methyl sites for hydroxylation is 1. The maximum absolute atomic E-state index is 13.4. The number of rotatable bonds is 13. The number of aliphatic imine (C=N–C) groups is 2. The van der Waals surface area contributed by atoms with E-state index in [1.54, 1.807) is 10.9 Å². The number of benzene rings is 2. The molecule has 49 heavy (non-hydrogen) atoms. The molecular formula is C34H45ClN10O3S. The van der Waals surface area contributed by atoms with Gasteiger partial charge in [0.05, 0.1) is 21.5 Å². The van der Waals surface area contributed by atoms with E-state index in [4.69, 9.17) is 11.6 Å². The number of fused-ring (bicyclic) bond motifs is 1. The monoisotopic (exact) mass is 708 g/mol. The Kier molecular flexibility index (Phi) is 12.3. The lowest BCUT2D eigenvalue weighted by atomic mass is 9.72. The van der Waals surface area contributed by atoms with Crippen LogP contribution < -0.4 is 21.3 Å². The predicted molar refractivity (Wildman–Crippen MR) is 197 cm³/mol. The molecule has 4 N–H and O–H groups in total. The van der Waals surface area contributed by atoms with Crippen molar-refractivity contribution in [1.29, 1.82) is 0 Å². The van der Waals surface area contributed by atoms with Crippen LogP contribution in [0.25, 0.3) is 10.9 Å². The van der Waals surface area contributed by atoms with Crippen molar-refractivity contribution in [3.05, 3.63) is 59.3 Å². The van der Waals surface area contributed by atoms with Crippen molar-refractivity contribution in [3.63, 3.8) is 0 Å². The van der Waals surface area contributed by atoms with Gasteiger partial charge in [-0.25, -0.2) is 8.51 Å². The van der Waals surface area contributed by atoms with Gasteiger partial charge in [-0.1, -0.05) is 23.7 Å². The largest absolute Gasteiger partial charge is 0.370 e. The second-order valence-corrected chi connectivity index (χ2v) is 14.5. The van der Waals surface area contributed by atoms with Gasteiger partial charge in [-0.15, -0.1) is 0 Å². The number of allylic oxidation sites excluding steroid dienone is 1. The van der Waals surface area contributed by atoms with Crippen molar-refractivity contribution >= 4 is 70.2 Å². The molecule has 3 aliphatic rings. The molecule has 4 heterocycles. The van der Waals surface area contributed by atoms with Gasteiger partial charge < -0.3 is 21.3 Å². The first-order valence-electron chi connectivity index (χ1n) is 16.3. The van der Waals surface area contributed by atoms with Gasteiger partial charge in [0.25, 0.3) is 0 Å². The molecule has 0 bridgehead atoms. The summed E-state index contributed by atoms with van der Waals surface area (Å²) in [5, 5.41) is 11.2. The Balaban J connectivity index is 0.00000230. The van der Waals surface area contributed by atoms with Crippen LogP contribution in [0, 0.1) is 5.41 Å². The minimum absolute atomic E-state index is 0.164. The number of piperidine rings is 1. The second kappa shape index (κ2) is 16.6. The van der Waals surface area contributed by atoms with E-state index in [0.717, 1.165) is 80.1 Å². The molecule has 1 spiro atoms. The summed E-state index contributed by atoms with van der Waals surface area (Å²) in [5.41, 5.74) is 8.08. The number of hydrogen-bond acceptors (Lipinski definition) is 9. The highest BCUT2D eigenvalue weighted by atomic mass is 35.5. The summed E-state index contributed by atoms with van der Waals surface area (Å²) in [5.74, 6) is 0.335. The van der Waals surface area contributed by atoms with Crippen LogP contribution >= 0.6 is 11.6 Å². The molecule has 0 saturated carbocycles. The number of amides is 2. The number of nitrogens with one attached hydrogen (secondary N) is 2. The smallest absolute Gasteiger partial charge is 0.227 e. The molecule has 3 saturated heterocycles. The van der Waals surface area contributed by atoms with E-state index in [9.17, 15) is 13.8 Å². The molecule has 0 aliphatic carbocycles. The van der Waals surface area contributed by atoms with Gasteiger partial charge in [0.15, 0.2) is 5.82 Å². The van der Waals surface area contributed by atoms with Gasteiger partial charge in [0.1, 0.15) is 11.0 Å². The van der Waals surface area contributed by atoms with Crippen LogP contribution in [0.5, 0.6) is 0 Å². The number of nitrogens with two attached hydrogens (primary N) is 1. The molecule has 262 valence electrons. The van der Waals surface area contributed by atoms with Gasteiger partial charge in [-0.05, 0) is 62.5 Å². The van der Waals surface area contributed by atoms with Crippen molar-refractivity contribution in [2.45, 2.75) is 36.7 Å². The van der Waals surface area contributed by atoms with Crippen LogP contribution in [-0.4, -0.2) is 107 Å². The topological polar surface area (TPSA) is 154 Å². The fourth-order valence-electron chi connectivity index (χ4n) is 6.75. The predicted octanol–water partition coefficient (Wildman–Crippen LogP) is 2.88. The van der Waals surface area contributed by atoms with E-state index >= 15 is 0 Å². The third-order valence-electron chi connectivity index (χ3n) is 9.00. The molecule has 2 aromatic carbocycles. The number of halogens is 1. The highest BCUT2D eigenvalue weighted by Gasteiger charge is 2.51. The van der Waals surface area contributed by atoms with Crippen molar-refractivity contribution < 1.29 is 13.8 Å². The molecule has 1 atom stereocenters. The van der Waals surface area contributed by atoms with Crippen LogP contribution in [0.3, 0.4) is 0 Å². The van der Waals surface area contributed by atoms with E-state index in [1.165, 1.54) is 18.8 Å². The molecular weight excluding hydrogens is 664 g/mol. The summed E-state index contributed by atoms with van der Waals surface area (Å²) < 4.78 is 17.2. The Morgan fingerprint density at radius 3 is 2.63 bits per heavy atom. The summed E-state index contributed by atoms with van der Waals surface area (Å²) in [6.45, 7) is 10.0. The van der Waals surface area contributed by atoms with Crippen molar-refractivity contribution in [2.75, 3.05) is 63.1 Å². The Bertz CT molecular complexity index is 1720. The van der Waals surface area contributed by atoms with Crippen molar-refractivity contribution in [3.8, 4) is 0 Å². The van der Waals surface area contributed by atoms with Gasteiger partial charge >= 0.3 is 0 Å². The molecule has 15 heteroatoms. The van der Waals surface area contributed by atoms with Gasteiger partial charge in [-0.3, -0.25) is 29.2 Å². The molecule has 2 amide bonds. The molecule has 3 aliphatic heterocycles. The van der Waals surface area contributed by atoms with E-state index in [0.29, 0.717) is 22.7 Å². The SMILES string of the molecule is C=N/C=C(/Cl)C=NC1CCN(S(=O)c2cccc(CN3CC4(C3)CN(c3ccc5c(NC(=O)CCNC=O)nn(C)c5c3)C4)c2)CC1.CN. The zero-order chi connectivity index (χ0) is 35.0. The first kappa shape index (κ1) is 36.3. The lowest BCUT2D eigenvalue weighted by Crippen LogP contribution is -2.71. The lowest BCUT2D eigenvalue weighted by molar-refractivity contribution is -0.116. The van der Waals surface area contributed by atoms with E-state index in [1.807, 2.05) is 29.6 Å². The summed E-state index contributed by atoms with van der Waals surface area (Å²) in [7, 11) is 2.17. The summed E-state index contributed by atoms with van der Waals surface area (Å²) in [6.07, 6.45) is 5.53.